The number of hydrogen-bond donors (Lipinski definition) is 0. The molecule has 3 heterocycles. The van der Waals surface area contributed by atoms with E-state index >= 15 is 0 Å². The molecule has 0 bridgehead atoms. The largest absolute Gasteiger partial charge is 0.212 e. The van der Waals surface area contributed by atoms with Crippen LogP contribution in [0.15, 0.2) is 164 Å². The normalized spacial score (nSPS) is 11.2. The number of pyridine rings is 3. The summed E-state index contributed by atoms with van der Waals surface area (Å²) in [5.74, 6) is 0. The lowest BCUT2D eigenvalue weighted by Gasteiger charge is -2.14. The van der Waals surface area contributed by atoms with Crippen molar-refractivity contribution >= 4 is 0 Å². The van der Waals surface area contributed by atoms with Crippen LogP contribution >= 0.6 is 0 Å². The molecule has 0 atom stereocenters. The zero-order chi connectivity index (χ0) is 41.0. The van der Waals surface area contributed by atoms with Crippen LogP contribution < -0.4 is 13.7 Å². The first-order chi connectivity index (χ1) is 28.6. The Kier molecular flexibility index (Phi) is 11.5. The molecule has 5 aromatic carbocycles. The first-order valence-corrected chi connectivity index (χ1v) is 21.0. The lowest BCUT2D eigenvalue weighted by Crippen LogP contribution is -2.31. The summed E-state index contributed by atoms with van der Waals surface area (Å²) in [7, 11) is 6.51. The van der Waals surface area contributed by atoms with Gasteiger partial charge in [-0.25, -0.2) is 13.7 Å². The van der Waals surface area contributed by atoms with E-state index in [1.807, 2.05) is 0 Å². The van der Waals surface area contributed by atoms with E-state index in [9.17, 15) is 0 Å². The van der Waals surface area contributed by atoms with Crippen LogP contribution in [0.3, 0.4) is 0 Å². The summed E-state index contributed by atoms with van der Waals surface area (Å²) in [5, 5.41) is 0. The highest BCUT2D eigenvalue weighted by molar-refractivity contribution is 5.84. The molecule has 0 N–H and O–H groups in total. The molecule has 59 heavy (non-hydrogen) atoms. The number of rotatable bonds is 11. The van der Waals surface area contributed by atoms with Gasteiger partial charge in [0.2, 0.25) is 17.1 Å². The summed E-state index contributed by atoms with van der Waals surface area (Å²) < 4.78 is 6.84. The molecule has 0 saturated heterocycles. The molecule has 0 radical (unpaired) electrons. The van der Waals surface area contributed by atoms with Gasteiger partial charge in [-0.1, -0.05) is 96.6 Å². The minimum atomic E-state index is 0.965. The topological polar surface area (TPSA) is 11.6 Å². The van der Waals surface area contributed by atoms with E-state index in [1.165, 1.54) is 101 Å². The highest BCUT2D eigenvalue weighted by Crippen LogP contribution is 2.34. The quantitative estimate of drug-likeness (QED) is 0.116. The molecule has 0 spiro atoms. The number of nitrogens with zero attached hydrogens (tertiary/aromatic N) is 3. The molecule has 8 rings (SSSR count). The zero-order valence-corrected chi connectivity index (χ0v) is 35.8. The van der Waals surface area contributed by atoms with Crippen LogP contribution in [0.4, 0.5) is 0 Å². The van der Waals surface area contributed by atoms with E-state index in [0.717, 1.165) is 25.7 Å². The zero-order valence-electron chi connectivity index (χ0n) is 35.8. The second-order valence-corrected chi connectivity index (χ2v) is 16.5. The molecule has 8 aromatic rings. The van der Waals surface area contributed by atoms with Crippen LogP contribution in [0.25, 0.3) is 56.0 Å². The first kappa shape index (κ1) is 39.4. The lowest BCUT2D eigenvalue weighted by molar-refractivity contribution is -0.661. The Morgan fingerprint density at radius 1 is 0.322 bits per heavy atom. The van der Waals surface area contributed by atoms with E-state index in [4.69, 9.17) is 0 Å². The maximum atomic E-state index is 2.45. The third-order valence-electron chi connectivity index (χ3n) is 12.0. The van der Waals surface area contributed by atoms with Crippen molar-refractivity contribution in [3.05, 3.63) is 209 Å². The lowest BCUT2D eigenvalue weighted by atomic mass is 9.90. The van der Waals surface area contributed by atoms with Crippen LogP contribution in [-0.4, -0.2) is 0 Å². The molecular formula is C56H56N3+3. The summed E-state index contributed by atoms with van der Waals surface area (Å²) >= 11 is 0. The van der Waals surface area contributed by atoms with Gasteiger partial charge in [-0.3, -0.25) is 0 Å². The van der Waals surface area contributed by atoms with Crippen molar-refractivity contribution in [3.63, 3.8) is 0 Å². The summed E-state index contributed by atoms with van der Waals surface area (Å²) in [6.07, 6.45) is 10.8. The molecule has 0 aliphatic heterocycles. The Bertz CT molecular complexity index is 2690. The molecule has 0 saturated carbocycles. The minimum absolute atomic E-state index is 0.965. The van der Waals surface area contributed by atoms with E-state index in [2.05, 4.69) is 227 Å². The fraction of sp³-hybridized carbons (Fsp3) is 0.196. The van der Waals surface area contributed by atoms with E-state index in [-0.39, 0.29) is 0 Å². The van der Waals surface area contributed by atoms with Gasteiger partial charge in [0.1, 0.15) is 21.1 Å². The van der Waals surface area contributed by atoms with Crippen molar-refractivity contribution in [2.24, 2.45) is 21.1 Å². The van der Waals surface area contributed by atoms with Crippen LogP contribution in [0.2, 0.25) is 0 Å². The minimum Gasteiger partial charge on any atom is -0.201 e. The standard InChI is InChI=1S/C56H56N3/c1-39-20-28-51(42(4)32-39)56-31-27-47(38-59(56)7)52-18-12-13-19-53(52)48-34-45(23-21-43-25-29-54(57(5)36-43)49-16-10-8-14-40(49)2)33-46(35-48)24-22-44-26-30-55(58(6)37-44)50-17-11-9-15-41(50)3/h8-20,25-38H,21-24H2,1-7H3/q+3. The highest BCUT2D eigenvalue weighted by Gasteiger charge is 2.18. The second-order valence-electron chi connectivity index (χ2n) is 16.5. The molecule has 3 aromatic heterocycles. The van der Waals surface area contributed by atoms with Crippen LogP contribution in [0, 0.1) is 27.7 Å². The van der Waals surface area contributed by atoms with Crippen molar-refractivity contribution < 1.29 is 13.7 Å². The summed E-state index contributed by atoms with van der Waals surface area (Å²) in [6.45, 7) is 8.74. The Morgan fingerprint density at radius 3 is 1.22 bits per heavy atom. The smallest absolute Gasteiger partial charge is 0.201 e. The number of aromatic nitrogens is 3. The Hall–Kier alpha value is -6.45. The van der Waals surface area contributed by atoms with Gasteiger partial charge in [0.15, 0.2) is 18.6 Å². The van der Waals surface area contributed by atoms with Crippen LogP contribution in [-0.2, 0) is 46.8 Å². The SMILES string of the molecule is Cc1ccc(-c2ccc(-c3ccccc3-c3cc(CCc4ccc(-c5ccccc5C)[n+](C)c4)cc(CCc4ccc(-c5ccccc5C)[n+](C)c4)c3)c[n+]2C)c(C)c1. The predicted molar refractivity (Wildman–Crippen MR) is 244 cm³/mol. The Balaban J connectivity index is 1.12. The molecule has 0 unspecified atom stereocenters. The van der Waals surface area contributed by atoms with E-state index < -0.39 is 0 Å². The van der Waals surface area contributed by atoms with Crippen molar-refractivity contribution in [1.29, 1.82) is 0 Å². The number of hydrogen-bond acceptors (Lipinski definition) is 0. The highest BCUT2D eigenvalue weighted by atomic mass is 14.9. The van der Waals surface area contributed by atoms with Gasteiger partial charge in [0.25, 0.3) is 0 Å². The second kappa shape index (κ2) is 17.2. The van der Waals surface area contributed by atoms with Crippen molar-refractivity contribution in [2.75, 3.05) is 0 Å². The van der Waals surface area contributed by atoms with Gasteiger partial charge in [0, 0.05) is 51.6 Å². The summed E-state index contributed by atoms with van der Waals surface area (Å²) in [6, 6.07) is 54.0. The van der Waals surface area contributed by atoms with Crippen molar-refractivity contribution in [2.45, 2.75) is 53.4 Å². The van der Waals surface area contributed by atoms with Crippen molar-refractivity contribution in [3.8, 4) is 56.0 Å². The third kappa shape index (κ3) is 8.71. The third-order valence-corrected chi connectivity index (χ3v) is 12.0. The molecule has 3 nitrogen and oxygen atoms in total. The molecule has 292 valence electrons. The molecule has 3 heteroatoms. The average Bonchev–Trinajstić information content (AvgIpc) is 3.23. The fourth-order valence-electron chi connectivity index (χ4n) is 8.82. The maximum Gasteiger partial charge on any atom is 0.212 e. The van der Waals surface area contributed by atoms with Gasteiger partial charge < -0.3 is 0 Å². The first-order valence-electron chi connectivity index (χ1n) is 21.0. The van der Waals surface area contributed by atoms with Gasteiger partial charge in [-0.05, 0) is 134 Å². The molecule has 0 amide bonds. The number of aryl methyl sites for hydroxylation is 11. The van der Waals surface area contributed by atoms with Crippen LogP contribution in [0.5, 0.6) is 0 Å². The van der Waals surface area contributed by atoms with Gasteiger partial charge in [-0.15, -0.1) is 0 Å². The van der Waals surface area contributed by atoms with Crippen molar-refractivity contribution in [1.82, 2.24) is 0 Å². The summed E-state index contributed by atoms with van der Waals surface area (Å²) in [4.78, 5) is 0. The average molecular weight is 771 g/mol. The fourth-order valence-corrected chi connectivity index (χ4v) is 8.82. The van der Waals surface area contributed by atoms with E-state index in [1.54, 1.807) is 0 Å². The molecule has 0 aliphatic rings. The van der Waals surface area contributed by atoms with Crippen LogP contribution in [0.1, 0.15) is 44.5 Å². The molecule has 0 fully saturated rings. The van der Waals surface area contributed by atoms with Gasteiger partial charge in [-0.2, -0.15) is 0 Å². The molecular weight excluding hydrogens is 715 g/mol. The maximum absolute atomic E-state index is 2.45. The Labute approximate surface area is 351 Å². The monoisotopic (exact) mass is 770 g/mol. The molecule has 0 aliphatic carbocycles. The van der Waals surface area contributed by atoms with Gasteiger partial charge >= 0.3 is 0 Å². The predicted octanol–water partition coefficient (Wildman–Crippen LogP) is 11.3. The Morgan fingerprint density at radius 2 is 0.746 bits per heavy atom. The number of benzene rings is 5. The van der Waals surface area contributed by atoms with Gasteiger partial charge in [0.05, 0.1) is 0 Å². The summed E-state index contributed by atoms with van der Waals surface area (Å²) in [5.41, 5.74) is 23.1. The van der Waals surface area contributed by atoms with E-state index in [0.29, 0.717) is 0 Å².